The highest BCUT2D eigenvalue weighted by atomic mass is 16.1. The second kappa shape index (κ2) is 7.21. The summed E-state index contributed by atoms with van der Waals surface area (Å²) in [6.07, 6.45) is 11.3. The van der Waals surface area contributed by atoms with E-state index >= 15 is 0 Å². The zero-order valence-electron chi connectivity index (χ0n) is 14.4. The number of amides is 1. The van der Waals surface area contributed by atoms with Crippen LogP contribution in [0.5, 0.6) is 0 Å². The van der Waals surface area contributed by atoms with E-state index < -0.39 is 0 Å². The van der Waals surface area contributed by atoms with Crippen molar-refractivity contribution in [3.8, 4) is 0 Å². The van der Waals surface area contributed by atoms with Crippen LogP contribution in [0.4, 0.5) is 11.6 Å². The van der Waals surface area contributed by atoms with E-state index in [4.69, 9.17) is 0 Å². The van der Waals surface area contributed by atoms with Crippen LogP contribution in [0, 0.1) is 0 Å². The average Bonchev–Trinajstić information content (AvgIpc) is 2.68. The van der Waals surface area contributed by atoms with Gasteiger partial charge in [0.2, 0.25) is 5.95 Å². The van der Waals surface area contributed by atoms with Crippen LogP contribution in [-0.2, 0) is 6.42 Å². The molecule has 1 amide bonds. The predicted molar refractivity (Wildman–Crippen MR) is 98.1 cm³/mol. The molecule has 1 aromatic heterocycles. The number of rotatable bonds is 3. The molecule has 0 spiro atoms. The molecule has 2 aliphatic rings. The molecule has 5 nitrogen and oxygen atoms in total. The van der Waals surface area contributed by atoms with Crippen LogP contribution in [0.3, 0.4) is 0 Å². The third-order valence-corrected chi connectivity index (χ3v) is 5.19. The lowest BCUT2D eigenvalue weighted by molar-refractivity contribution is 0.0927. The van der Waals surface area contributed by atoms with E-state index in [9.17, 15) is 4.79 Å². The van der Waals surface area contributed by atoms with E-state index in [0.717, 1.165) is 32.2 Å². The van der Waals surface area contributed by atoms with Gasteiger partial charge in [0.15, 0.2) is 0 Å². The fourth-order valence-electron chi connectivity index (χ4n) is 3.83. The number of carbonyl (C=O) groups is 1. The highest BCUT2D eigenvalue weighted by Gasteiger charge is 2.21. The Balaban J connectivity index is 1.48. The van der Waals surface area contributed by atoms with E-state index in [1.54, 1.807) is 12.4 Å². The van der Waals surface area contributed by atoms with Crippen molar-refractivity contribution in [3.05, 3.63) is 47.8 Å². The van der Waals surface area contributed by atoms with Gasteiger partial charge in [0.1, 0.15) is 0 Å². The largest absolute Gasteiger partial charge is 0.349 e. The highest BCUT2D eigenvalue weighted by Crippen LogP contribution is 2.31. The SMILES string of the molecule is O=C(NC1CCCCC1)c1cnc(N2CCCc3ccccc32)nc1. The highest BCUT2D eigenvalue weighted by molar-refractivity contribution is 5.93. The number of aromatic nitrogens is 2. The van der Waals surface area contributed by atoms with Gasteiger partial charge in [0, 0.05) is 30.7 Å². The van der Waals surface area contributed by atoms with Gasteiger partial charge < -0.3 is 10.2 Å². The first-order valence-corrected chi connectivity index (χ1v) is 9.29. The van der Waals surface area contributed by atoms with Crippen LogP contribution in [0.15, 0.2) is 36.7 Å². The minimum atomic E-state index is -0.0579. The molecule has 2 aromatic rings. The molecule has 5 heteroatoms. The number of para-hydroxylation sites is 1. The molecule has 2 heterocycles. The lowest BCUT2D eigenvalue weighted by Gasteiger charge is -2.29. The van der Waals surface area contributed by atoms with E-state index in [1.165, 1.54) is 30.5 Å². The van der Waals surface area contributed by atoms with Crippen molar-refractivity contribution in [2.24, 2.45) is 0 Å². The fourth-order valence-corrected chi connectivity index (χ4v) is 3.83. The Morgan fingerprint density at radius 1 is 1.04 bits per heavy atom. The smallest absolute Gasteiger partial charge is 0.254 e. The monoisotopic (exact) mass is 336 g/mol. The number of benzene rings is 1. The number of nitrogens with one attached hydrogen (secondary N) is 1. The predicted octanol–water partition coefficient (Wildman–Crippen LogP) is 3.62. The van der Waals surface area contributed by atoms with Gasteiger partial charge in [-0.1, -0.05) is 37.5 Å². The van der Waals surface area contributed by atoms with Gasteiger partial charge in [-0.25, -0.2) is 9.97 Å². The summed E-state index contributed by atoms with van der Waals surface area (Å²) in [5.41, 5.74) is 3.05. The summed E-state index contributed by atoms with van der Waals surface area (Å²) >= 11 is 0. The minimum absolute atomic E-state index is 0.0579. The number of hydrogen-bond donors (Lipinski definition) is 1. The van der Waals surface area contributed by atoms with Crippen molar-refractivity contribution in [1.29, 1.82) is 0 Å². The maximum Gasteiger partial charge on any atom is 0.254 e. The van der Waals surface area contributed by atoms with Gasteiger partial charge in [-0.05, 0) is 37.3 Å². The molecule has 130 valence electrons. The maximum absolute atomic E-state index is 12.4. The van der Waals surface area contributed by atoms with Crippen molar-refractivity contribution in [3.63, 3.8) is 0 Å². The summed E-state index contributed by atoms with van der Waals surface area (Å²) in [7, 11) is 0. The van der Waals surface area contributed by atoms with Crippen molar-refractivity contribution in [2.45, 2.75) is 51.0 Å². The molecule has 0 unspecified atom stereocenters. The van der Waals surface area contributed by atoms with Crippen LogP contribution in [0.2, 0.25) is 0 Å². The molecule has 0 bridgehead atoms. The summed E-state index contributed by atoms with van der Waals surface area (Å²) in [4.78, 5) is 23.5. The minimum Gasteiger partial charge on any atom is -0.349 e. The number of anilines is 2. The van der Waals surface area contributed by atoms with E-state index in [1.807, 2.05) is 6.07 Å². The summed E-state index contributed by atoms with van der Waals surface area (Å²) < 4.78 is 0. The van der Waals surface area contributed by atoms with E-state index in [-0.39, 0.29) is 5.91 Å². The van der Waals surface area contributed by atoms with Crippen LogP contribution in [-0.4, -0.2) is 28.5 Å². The Morgan fingerprint density at radius 2 is 1.80 bits per heavy atom. The van der Waals surface area contributed by atoms with Gasteiger partial charge in [-0.2, -0.15) is 0 Å². The third kappa shape index (κ3) is 3.50. The van der Waals surface area contributed by atoms with Crippen molar-refractivity contribution in [1.82, 2.24) is 15.3 Å². The molecular formula is C20H24N4O. The molecule has 1 fully saturated rings. The standard InChI is InChI=1S/C20H24N4O/c25-19(23-17-9-2-1-3-10-17)16-13-21-20(22-14-16)24-12-6-8-15-7-4-5-11-18(15)24/h4-5,7,11,13-14,17H,1-3,6,8-10,12H2,(H,23,25). The average molecular weight is 336 g/mol. The van der Waals surface area contributed by atoms with Gasteiger partial charge in [-0.3, -0.25) is 4.79 Å². The van der Waals surface area contributed by atoms with Crippen molar-refractivity contribution >= 4 is 17.5 Å². The fraction of sp³-hybridized carbons (Fsp3) is 0.450. The van der Waals surface area contributed by atoms with Crippen LogP contribution >= 0.6 is 0 Å². The van der Waals surface area contributed by atoms with Crippen LogP contribution in [0.1, 0.15) is 54.4 Å². The summed E-state index contributed by atoms with van der Waals surface area (Å²) in [6.45, 7) is 0.907. The number of hydrogen-bond acceptors (Lipinski definition) is 4. The topological polar surface area (TPSA) is 58.1 Å². The molecule has 1 saturated carbocycles. The normalized spacial score (nSPS) is 17.8. The Kier molecular flexibility index (Phi) is 4.63. The van der Waals surface area contributed by atoms with Gasteiger partial charge in [0.25, 0.3) is 5.91 Å². The Bertz CT molecular complexity index is 738. The first-order valence-electron chi connectivity index (χ1n) is 9.29. The molecule has 1 aliphatic carbocycles. The second-order valence-corrected chi connectivity index (χ2v) is 6.96. The first-order chi connectivity index (χ1) is 12.3. The lowest BCUT2D eigenvalue weighted by atomic mass is 9.95. The molecule has 0 saturated heterocycles. The molecule has 25 heavy (non-hydrogen) atoms. The number of fused-ring (bicyclic) bond motifs is 1. The van der Waals surface area contributed by atoms with Crippen LogP contribution in [0.25, 0.3) is 0 Å². The Labute approximate surface area is 148 Å². The molecule has 1 aromatic carbocycles. The van der Waals surface area contributed by atoms with Crippen molar-refractivity contribution in [2.75, 3.05) is 11.4 Å². The third-order valence-electron chi connectivity index (χ3n) is 5.19. The Hall–Kier alpha value is -2.43. The van der Waals surface area contributed by atoms with Gasteiger partial charge in [-0.15, -0.1) is 0 Å². The molecule has 4 rings (SSSR count). The zero-order chi connectivity index (χ0) is 17.1. The van der Waals surface area contributed by atoms with Gasteiger partial charge >= 0.3 is 0 Å². The number of carbonyl (C=O) groups excluding carboxylic acids is 1. The number of nitrogens with zero attached hydrogens (tertiary/aromatic N) is 3. The summed E-state index contributed by atoms with van der Waals surface area (Å²) in [6, 6.07) is 8.69. The molecule has 0 atom stereocenters. The molecule has 0 radical (unpaired) electrons. The number of aryl methyl sites for hydroxylation is 1. The summed E-state index contributed by atoms with van der Waals surface area (Å²) in [5.74, 6) is 0.610. The molecule has 1 N–H and O–H groups in total. The molecular weight excluding hydrogens is 312 g/mol. The Morgan fingerprint density at radius 3 is 2.60 bits per heavy atom. The van der Waals surface area contributed by atoms with Crippen LogP contribution < -0.4 is 10.2 Å². The zero-order valence-corrected chi connectivity index (χ0v) is 14.4. The van der Waals surface area contributed by atoms with E-state index in [0.29, 0.717) is 17.6 Å². The maximum atomic E-state index is 12.4. The van der Waals surface area contributed by atoms with E-state index in [2.05, 4.69) is 38.4 Å². The molecule has 1 aliphatic heterocycles. The van der Waals surface area contributed by atoms with Gasteiger partial charge in [0.05, 0.1) is 5.56 Å². The lowest BCUT2D eigenvalue weighted by Crippen LogP contribution is -2.36. The summed E-state index contributed by atoms with van der Waals surface area (Å²) in [5, 5.41) is 3.12. The van der Waals surface area contributed by atoms with Crippen molar-refractivity contribution < 1.29 is 4.79 Å². The second-order valence-electron chi connectivity index (χ2n) is 6.96. The first kappa shape index (κ1) is 16.1. The quantitative estimate of drug-likeness (QED) is 0.930.